The molecule has 0 aliphatic carbocycles. The molecular formula is C13H17ClN2O3S2. The average Bonchev–Trinajstić information content (AvgIpc) is 2.46. The van der Waals surface area contributed by atoms with Crippen molar-refractivity contribution in [3.63, 3.8) is 0 Å². The number of hydrogen-bond donors (Lipinski definition) is 1. The van der Waals surface area contributed by atoms with E-state index >= 15 is 0 Å². The number of ether oxygens (including phenoxy) is 1. The molecule has 2 N–H and O–H groups in total. The first-order valence-corrected chi connectivity index (χ1v) is 8.72. The lowest BCUT2D eigenvalue weighted by molar-refractivity contribution is 0.0632. The van der Waals surface area contributed by atoms with Gasteiger partial charge in [0.15, 0.2) is 0 Å². The van der Waals surface area contributed by atoms with Crippen LogP contribution in [-0.2, 0) is 14.8 Å². The third kappa shape index (κ3) is 3.54. The SMILES string of the molecule is CN(C1CCOCC1)S(=O)(=O)c1ccc(C(N)=S)c(Cl)c1. The smallest absolute Gasteiger partial charge is 0.243 e. The monoisotopic (exact) mass is 348 g/mol. The number of nitrogens with two attached hydrogens (primary N) is 1. The summed E-state index contributed by atoms with van der Waals surface area (Å²) in [5.74, 6) is 0. The molecule has 1 aliphatic heterocycles. The molecule has 1 aromatic rings. The Morgan fingerprint density at radius 1 is 1.43 bits per heavy atom. The molecule has 0 unspecified atom stereocenters. The Labute approximate surface area is 135 Å². The Balaban J connectivity index is 2.30. The summed E-state index contributed by atoms with van der Waals surface area (Å²) in [4.78, 5) is 0.281. The van der Waals surface area contributed by atoms with E-state index in [0.717, 1.165) is 0 Å². The fraction of sp³-hybridized carbons (Fsp3) is 0.462. The summed E-state index contributed by atoms with van der Waals surface area (Å²) in [5, 5.41) is 0.240. The molecule has 0 amide bonds. The zero-order chi connectivity index (χ0) is 15.6. The van der Waals surface area contributed by atoms with Crippen LogP contribution in [0.3, 0.4) is 0 Å². The highest BCUT2D eigenvalue weighted by Gasteiger charge is 2.29. The van der Waals surface area contributed by atoms with Gasteiger partial charge in [0.25, 0.3) is 0 Å². The predicted molar refractivity (Wildman–Crippen MR) is 86.1 cm³/mol. The van der Waals surface area contributed by atoms with Gasteiger partial charge in [-0.1, -0.05) is 23.8 Å². The van der Waals surface area contributed by atoms with Crippen LogP contribution in [0.1, 0.15) is 18.4 Å². The Hall–Kier alpha value is -0.730. The molecule has 0 radical (unpaired) electrons. The van der Waals surface area contributed by atoms with E-state index in [1.807, 2.05) is 0 Å². The molecule has 116 valence electrons. The standard InChI is InChI=1S/C13H17ClN2O3S2/c1-16(9-4-6-19-7-5-9)21(17,18)10-2-3-11(13(15)20)12(14)8-10/h2-3,8-9H,4-7H2,1H3,(H2,15,20). The molecule has 8 heteroatoms. The lowest BCUT2D eigenvalue weighted by Gasteiger charge is -2.30. The number of nitrogens with zero attached hydrogens (tertiary/aromatic N) is 1. The topological polar surface area (TPSA) is 72.6 Å². The second-order valence-corrected chi connectivity index (χ2v) is 7.72. The van der Waals surface area contributed by atoms with Gasteiger partial charge in [-0.15, -0.1) is 0 Å². The predicted octanol–water partition coefficient (Wildman–Crippen LogP) is 1.77. The first-order valence-electron chi connectivity index (χ1n) is 6.49. The van der Waals surface area contributed by atoms with Crippen LogP contribution >= 0.6 is 23.8 Å². The van der Waals surface area contributed by atoms with Crippen molar-refractivity contribution in [3.8, 4) is 0 Å². The summed E-state index contributed by atoms with van der Waals surface area (Å²) in [6.45, 7) is 1.15. The van der Waals surface area contributed by atoms with Crippen LogP contribution in [0.5, 0.6) is 0 Å². The molecule has 1 aliphatic rings. The molecule has 21 heavy (non-hydrogen) atoms. The van der Waals surface area contributed by atoms with Gasteiger partial charge in [0.2, 0.25) is 10.0 Å². The van der Waals surface area contributed by atoms with Crippen molar-refractivity contribution in [2.45, 2.75) is 23.8 Å². The van der Waals surface area contributed by atoms with Crippen molar-refractivity contribution in [2.75, 3.05) is 20.3 Å². The Morgan fingerprint density at radius 3 is 2.57 bits per heavy atom. The molecule has 0 aromatic heterocycles. The highest BCUT2D eigenvalue weighted by molar-refractivity contribution is 7.89. The normalized spacial score (nSPS) is 17.1. The van der Waals surface area contributed by atoms with Gasteiger partial charge in [0.1, 0.15) is 4.99 Å². The van der Waals surface area contributed by atoms with Crippen molar-refractivity contribution < 1.29 is 13.2 Å². The highest BCUT2D eigenvalue weighted by atomic mass is 35.5. The molecule has 1 aromatic carbocycles. The van der Waals surface area contributed by atoms with E-state index in [0.29, 0.717) is 31.6 Å². The lowest BCUT2D eigenvalue weighted by atomic mass is 10.1. The van der Waals surface area contributed by atoms with E-state index in [1.165, 1.54) is 22.5 Å². The van der Waals surface area contributed by atoms with Crippen LogP contribution in [0.25, 0.3) is 0 Å². The van der Waals surface area contributed by atoms with Gasteiger partial charge in [0.05, 0.1) is 9.92 Å². The third-order valence-corrected chi connectivity index (χ3v) is 6.03. The minimum Gasteiger partial charge on any atom is -0.389 e. The molecule has 0 atom stereocenters. The van der Waals surface area contributed by atoms with E-state index in [1.54, 1.807) is 7.05 Å². The molecule has 1 heterocycles. The summed E-state index contributed by atoms with van der Waals surface area (Å²) >= 11 is 10.9. The van der Waals surface area contributed by atoms with Gasteiger partial charge in [0, 0.05) is 31.9 Å². The van der Waals surface area contributed by atoms with Gasteiger partial charge in [-0.2, -0.15) is 4.31 Å². The number of hydrogen-bond acceptors (Lipinski definition) is 4. The largest absolute Gasteiger partial charge is 0.389 e. The Bertz CT molecular complexity index is 643. The van der Waals surface area contributed by atoms with Crippen molar-refractivity contribution in [1.82, 2.24) is 4.31 Å². The molecule has 1 saturated heterocycles. The van der Waals surface area contributed by atoms with Gasteiger partial charge >= 0.3 is 0 Å². The number of rotatable bonds is 4. The fourth-order valence-electron chi connectivity index (χ4n) is 2.27. The van der Waals surface area contributed by atoms with Crippen LogP contribution in [0.4, 0.5) is 0 Å². The molecule has 5 nitrogen and oxygen atoms in total. The Kier molecular flexibility index (Phi) is 5.21. The minimum absolute atomic E-state index is 0.0576. The highest BCUT2D eigenvalue weighted by Crippen LogP contribution is 2.25. The second kappa shape index (κ2) is 6.58. The van der Waals surface area contributed by atoms with E-state index in [2.05, 4.69) is 0 Å². The molecule has 0 bridgehead atoms. The molecule has 1 fully saturated rings. The lowest BCUT2D eigenvalue weighted by Crippen LogP contribution is -2.40. The van der Waals surface area contributed by atoms with Crippen molar-refractivity contribution >= 4 is 38.8 Å². The molecule has 2 rings (SSSR count). The summed E-state index contributed by atoms with van der Waals surface area (Å²) in [5.41, 5.74) is 6.00. The zero-order valence-electron chi connectivity index (χ0n) is 11.6. The van der Waals surface area contributed by atoms with Crippen molar-refractivity contribution in [1.29, 1.82) is 0 Å². The van der Waals surface area contributed by atoms with Gasteiger partial charge < -0.3 is 10.5 Å². The number of sulfonamides is 1. The first-order chi connectivity index (χ1) is 9.84. The van der Waals surface area contributed by atoms with Crippen LogP contribution in [0.15, 0.2) is 23.1 Å². The third-order valence-electron chi connectivity index (χ3n) is 3.59. The number of halogens is 1. The maximum Gasteiger partial charge on any atom is 0.243 e. The minimum atomic E-state index is -3.59. The van der Waals surface area contributed by atoms with Crippen LogP contribution < -0.4 is 5.73 Å². The summed E-state index contributed by atoms with van der Waals surface area (Å²) in [7, 11) is -2.01. The van der Waals surface area contributed by atoms with Crippen molar-refractivity contribution in [3.05, 3.63) is 28.8 Å². The maximum absolute atomic E-state index is 12.6. The first kappa shape index (κ1) is 16.6. The van der Waals surface area contributed by atoms with Crippen molar-refractivity contribution in [2.24, 2.45) is 5.73 Å². The Morgan fingerprint density at radius 2 is 2.05 bits per heavy atom. The summed E-state index contributed by atoms with van der Waals surface area (Å²) < 4.78 is 31.9. The van der Waals surface area contributed by atoms with Crippen LogP contribution in [0, 0.1) is 0 Å². The summed E-state index contributed by atoms with van der Waals surface area (Å²) in [6.07, 6.45) is 1.38. The van der Waals surface area contributed by atoms with Gasteiger partial charge in [-0.25, -0.2) is 8.42 Å². The quantitative estimate of drug-likeness (QED) is 0.839. The van der Waals surface area contributed by atoms with E-state index < -0.39 is 10.0 Å². The maximum atomic E-state index is 12.6. The molecule has 0 spiro atoms. The van der Waals surface area contributed by atoms with Gasteiger partial charge in [-0.3, -0.25) is 0 Å². The average molecular weight is 349 g/mol. The zero-order valence-corrected chi connectivity index (χ0v) is 14.0. The molecule has 0 saturated carbocycles. The fourth-order valence-corrected chi connectivity index (χ4v) is 4.29. The number of thiocarbonyl (C=S) groups is 1. The second-order valence-electron chi connectivity index (χ2n) is 4.87. The van der Waals surface area contributed by atoms with Crippen LogP contribution in [-0.4, -0.2) is 44.0 Å². The van der Waals surface area contributed by atoms with Gasteiger partial charge in [-0.05, 0) is 31.0 Å². The van der Waals surface area contributed by atoms with E-state index in [9.17, 15) is 8.42 Å². The summed E-state index contributed by atoms with van der Waals surface area (Å²) in [6, 6.07) is 4.35. The molecular weight excluding hydrogens is 332 g/mol. The number of benzene rings is 1. The van der Waals surface area contributed by atoms with E-state index in [-0.39, 0.29) is 20.9 Å². The van der Waals surface area contributed by atoms with E-state index in [4.69, 9.17) is 34.3 Å². The van der Waals surface area contributed by atoms with Crippen LogP contribution in [0.2, 0.25) is 5.02 Å².